The summed E-state index contributed by atoms with van der Waals surface area (Å²) in [7, 11) is 4.27. The normalized spacial score (nSPS) is 11.3. The molecule has 2 aromatic carbocycles. The summed E-state index contributed by atoms with van der Waals surface area (Å²) in [6.07, 6.45) is 0.938. The number of nitrogens with one attached hydrogen (secondary N) is 1. The van der Waals surface area contributed by atoms with E-state index in [2.05, 4.69) is 40.1 Å². The predicted octanol–water partition coefficient (Wildman–Crippen LogP) is 3.40. The lowest BCUT2D eigenvalue weighted by atomic mass is 10.1. The van der Waals surface area contributed by atoms with Gasteiger partial charge in [-0.2, -0.15) is 0 Å². The van der Waals surface area contributed by atoms with Crippen LogP contribution in [0.1, 0.15) is 33.5 Å². The van der Waals surface area contributed by atoms with Crippen LogP contribution in [0.2, 0.25) is 0 Å². The summed E-state index contributed by atoms with van der Waals surface area (Å²) >= 11 is 1.61. The van der Waals surface area contributed by atoms with Gasteiger partial charge < -0.3 is 4.90 Å². The van der Waals surface area contributed by atoms with Gasteiger partial charge in [0.05, 0.1) is 30.9 Å². The molecule has 1 heterocycles. The highest BCUT2D eigenvalue weighted by atomic mass is 32.1. The maximum Gasteiger partial charge on any atom is 0.260 e. The van der Waals surface area contributed by atoms with Gasteiger partial charge in [0.1, 0.15) is 0 Å². The maximum atomic E-state index is 13.2. The van der Waals surface area contributed by atoms with Crippen molar-refractivity contribution in [1.29, 1.82) is 0 Å². The third kappa shape index (κ3) is 4.54. The highest BCUT2D eigenvalue weighted by Gasteiger charge is 2.22. The number of carbonyl (C=O) groups excluding carboxylic acids is 1. The van der Waals surface area contributed by atoms with Gasteiger partial charge in [-0.3, -0.25) is 9.69 Å². The number of thiazole rings is 1. The number of anilines is 1. The van der Waals surface area contributed by atoms with Crippen LogP contribution in [0.25, 0.3) is 10.2 Å². The molecule has 0 saturated heterocycles. The van der Waals surface area contributed by atoms with E-state index < -0.39 is 0 Å². The second kappa shape index (κ2) is 8.19. The van der Waals surface area contributed by atoms with Crippen LogP contribution in [0.3, 0.4) is 0 Å². The zero-order chi connectivity index (χ0) is 19.6. The molecule has 0 unspecified atom stereocenters. The Labute approximate surface area is 165 Å². The number of quaternary nitrogens is 1. The van der Waals surface area contributed by atoms with E-state index in [9.17, 15) is 4.79 Å². The SMILES string of the molecule is Cc1ccc(C(=O)N(CCC[NH+](C)C)c2nc3cc(C)cc(C)c3s2)cc1. The van der Waals surface area contributed by atoms with E-state index in [-0.39, 0.29) is 5.91 Å². The Morgan fingerprint density at radius 1 is 1.07 bits per heavy atom. The first-order valence-electron chi connectivity index (χ1n) is 9.40. The molecule has 142 valence electrons. The number of benzene rings is 2. The van der Waals surface area contributed by atoms with Crippen LogP contribution >= 0.6 is 11.3 Å². The zero-order valence-corrected chi connectivity index (χ0v) is 17.6. The molecule has 0 atom stereocenters. The van der Waals surface area contributed by atoms with Crippen molar-refractivity contribution in [2.75, 3.05) is 32.1 Å². The van der Waals surface area contributed by atoms with Crippen LogP contribution in [0.5, 0.6) is 0 Å². The second-order valence-corrected chi connectivity index (χ2v) is 8.54. The largest absolute Gasteiger partial charge is 0.340 e. The summed E-state index contributed by atoms with van der Waals surface area (Å²) in [5.41, 5.74) is 5.26. The molecule has 27 heavy (non-hydrogen) atoms. The van der Waals surface area contributed by atoms with Crippen LogP contribution < -0.4 is 9.80 Å². The number of carbonyl (C=O) groups is 1. The van der Waals surface area contributed by atoms with Crippen molar-refractivity contribution in [2.45, 2.75) is 27.2 Å². The number of aryl methyl sites for hydroxylation is 3. The van der Waals surface area contributed by atoms with Gasteiger partial charge in [0, 0.05) is 18.5 Å². The standard InChI is InChI=1S/C22H27N3OS/c1-15-7-9-18(10-8-15)21(26)25(12-6-11-24(4)5)22-23-19-14-16(2)13-17(3)20(19)27-22/h7-10,13-14H,6,11-12H2,1-5H3/p+1. The topological polar surface area (TPSA) is 37.6 Å². The van der Waals surface area contributed by atoms with Crippen molar-refractivity contribution in [3.63, 3.8) is 0 Å². The Hall–Kier alpha value is -2.24. The van der Waals surface area contributed by atoms with Crippen LogP contribution in [-0.4, -0.2) is 38.1 Å². The minimum atomic E-state index is 0.0252. The molecule has 0 fully saturated rings. The summed E-state index contributed by atoms with van der Waals surface area (Å²) in [5.74, 6) is 0.0252. The minimum absolute atomic E-state index is 0.0252. The third-order valence-corrected chi connectivity index (χ3v) is 5.87. The monoisotopic (exact) mass is 382 g/mol. The number of hydrogen-bond acceptors (Lipinski definition) is 3. The van der Waals surface area contributed by atoms with Gasteiger partial charge in [-0.1, -0.05) is 35.1 Å². The molecule has 0 radical (unpaired) electrons. The van der Waals surface area contributed by atoms with E-state index >= 15 is 0 Å². The fourth-order valence-corrected chi connectivity index (χ4v) is 4.25. The van der Waals surface area contributed by atoms with Crippen molar-refractivity contribution >= 4 is 32.6 Å². The Morgan fingerprint density at radius 2 is 1.78 bits per heavy atom. The summed E-state index contributed by atoms with van der Waals surface area (Å²) in [4.78, 5) is 21.3. The molecule has 0 bridgehead atoms. The Kier molecular flexibility index (Phi) is 5.92. The molecule has 1 N–H and O–H groups in total. The molecule has 1 amide bonds. The van der Waals surface area contributed by atoms with Gasteiger partial charge in [0.25, 0.3) is 5.91 Å². The molecule has 0 aliphatic rings. The van der Waals surface area contributed by atoms with E-state index in [1.165, 1.54) is 16.0 Å². The quantitative estimate of drug-likeness (QED) is 0.709. The average molecular weight is 383 g/mol. The summed E-state index contributed by atoms with van der Waals surface area (Å²) < 4.78 is 1.16. The number of fused-ring (bicyclic) bond motifs is 1. The average Bonchev–Trinajstić information content (AvgIpc) is 3.02. The molecule has 0 spiro atoms. The van der Waals surface area contributed by atoms with E-state index in [0.29, 0.717) is 12.1 Å². The van der Waals surface area contributed by atoms with E-state index in [1.807, 2.05) is 36.1 Å². The first-order chi connectivity index (χ1) is 12.8. The Balaban J connectivity index is 1.97. The second-order valence-electron chi connectivity index (χ2n) is 7.56. The predicted molar refractivity (Wildman–Crippen MR) is 114 cm³/mol. The Morgan fingerprint density at radius 3 is 2.44 bits per heavy atom. The highest BCUT2D eigenvalue weighted by Crippen LogP contribution is 2.32. The third-order valence-electron chi connectivity index (χ3n) is 4.64. The fraction of sp³-hybridized carbons (Fsp3) is 0.364. The van der Waals surface area contributed by atoms with Gasteiger partial charge in [-0.25, -0.2) is 4.98 Å². The fourth-order valence-electron chi connectivity index (χ4n) is 3.21. The zero-order valence-electron chi connectivity index (χ0n) is 16.8. The molecule has 5 heteroatoms. The molecular formula is C22H28N3OS+. The maximum absolute atomic E-state index is 13.2. The molecule has 3 aromatic rings. The molecular weight excluding hydrogens is 354 g/mol. The van der Waals surface area contributed by atoms with Crippen LogP contribution in [0, 0.1) is 20.8 Å². The van der Waals surface area contributed by atoms with E-state index in [1.54, 1.807) is 11.3 Å². The van der Waals surface area contributed by atoms with Gasteiger partial charge in [-0.05, 0) is 50.1 Å². The Bertz CT molecular complexity index is 944. The lowest BCUT2D eigenvalue weighted by Crippen LogP contribution is -3.05. The smallest absolute Gasteiger partial charge is 0.260 e. The van der Waals surface area contributed by atoms with E-state index in [4.69, 9.17) is 4.98 Å². The van der Waals surface area contributed by atoms with Crippen molar-refractivity contribution < 1.29 is 9.69 Å². The van der Waals surface area contributed by atoms with Crippen molar-refractivity contribution in [2.24, 2.45) is 0 Å². The lowest BCUT2D eigenvalue weighted by Gasteiger charge is -2.20. The number of rotatable bonds is 6. The molecule has 0 aliphatic carbocycles. The number of amides is 1. The van der Waals surface area contributed by atoms with Gasteiger partial charge in [0.15, 0.2) is 5.13 Å². The van der Waals surface area contributed by atoms with Crippen molar-refractivity contribution in [1.82, 2.24) is 4.98 Å². The first-order valence-corrected chi connectivity index (χ1v) is 10.2. The summed E-state index contributed by atoms with van der Waals surface area (Å²) in [5, 5.41) is 0.790. The van der Waals surface area contributed by atoms with Gasteiger partial charge >= 0.3 is 0 Å². The van der Waals surface area contributed by atoms with E-state index in [0.717, 1.165) is 33.9 Å². The van der Waals surface area contributed by atoms with Crippen LogP contribution in [0.4, 0.5) is 5.13 Å². The molecule has 0 saturated carbocycles. The minimum Gasteiger partial charge on any atom is -0.340 e. The molecule has 1 aromatic heterocycles. The van der Waals surface area contributed by atoms with Gasteiger partial charge in [0.2, 0.25) is 0 Å². The number of hydrogen-bond donors (Lipinski definition) is 1. The highest BCUT2D eigenvalue weighted by molar-refractivity contribution is 7.22. The lowest BCUT2D eigenvalue weighted by molar-refractivity contribution is -0.858. The summed E-state index contributed by atoms with van der Waals surface area (Å²) in [6.45, 7) is 7.92. The van der Waals surface area contributed by atoms with Gasteiger partial charge in [-0.15, -0.1) is 0 Å². The summed E-state index contributed by atoms with van der Waals surface area (Å²) in [6, 6.07) is 12.1. The number of aromatic nitrogens is 1. The molecule has 0 aliphatic heterocycles. The first kappa shape index (κ1) is 19.5. The molecule has 3 rings (SSSR count). The van der Waals surface area contributed by atoms with Crippen LogP contribution in [-0.2, 0) is 0 Å². The van der Waals surface area contributed by atoms with Crippen LogP contribution in [0.15, 0.2) is 36.4 Å². The molecule has 4 nitrogen and oxygen atoms in total. The van der Waals surface area contributed by atoms with Crippen molar-refractivity contribution in [3.05, 3.63) is 58.7 Å². The van der Waals surface area contributed by atoms with Crippen molar-refractivity contribution in [3.8, 4) is 0 Å². The number of nitrogens with zero attached hydrogens (tertiary/aromatic N) is 2.